The van der Waals surface area contributed by atoms with Crippen LogP contribution in [-0.2, 0) is 11.2 Å². The molecule has 5 heteroatoms. The second-order valence-electron chi connectivity index (χ2n) is 5.28. The summed E-state index contributed by atoms with van der Waals surface area (Å²) in [6.07, 6.45) is 0.693. The van der Waals surface area contributed by atoms with Gasteiger partial charge in [-0.15, -0.1) is 0 Å². The summed E-state index contributed by atoms with van der Waals surface area (Å²) in [6.45, 7) is 5.44. The number of halogens is 2. The highest BCUT2D eigenvalue weighted by Gasteiger charge is 2.27. The maximum Gasteiger partial charge on any atom is 0.127 e. The molecule has 0 bridgehead atoms. The lowest BCUT2D eigenvalue weighted by molar-refractivity contribution is -0.0382. The van der Waals surface area contributed by atoms with Crippen molar-refractivity contribution in [3.63, 3.8) is 0 Å². The van der Waals surface area contributed by atoms with Crippen molar-refractivity contribution in [3.8, 4) is 0 Å². The van der Waals surface area contributed by atoms with Gasteiger partial charge in [0.15, 0.2) is 0 Å². The normalized spacial score (nSPS) is 21.9. The highest BCUT2D eigenvalue weighted by Crippen LogP contribution is 2.18. The summed E-state index contributed by atoms with van der Waals surface area (Å²) >= 11 is 5.80. The number of likely N-dealkylation sites (N-methyl/N-ethyl adjacent to an activating group) is 2. The standard InChI is InChI=1S/C15H22ClFN2O/c1-3-18-14(15-10-19(2)6-7-20-15)8-11-4-5-12(16)9-13(11)17/h4-5,9,14-15,18H,3,6-8,10H2,1-2H3. The van der Waals surface area contributed by atoms with Crippen LogP contribution in [-0.4, -0.2) is 50.3 Å². The molecule has 0 spiro atoms. The van der Waals surface area contributed by atoms with Crippen molar-refractivity contribution in [2.75, 3.05) is 33.3 Å². The second-order valence-corrected chi connectivity index (χ2v) is 5.71. The van der Waals surface area contributed by atoms with Crippen molar-refractivity contribution in [3.05, 3.63) is 34.6 Å². The van der Waals surface area contributed by atoms with E-state index in [1.54, 1.807) is 12.1 Å². The van der Waals surface area contributed by atoms with Crippen molar-refractivity contribution >= 4 is 11.6 Å². The van der Waals surface area contributed by atoms with Gasteiger partial charge in [0, 0.05) is 24.2 Å². The Kier molecular flexibility index (Phi) is 5.78. The predicted molar refractivity (Wildman–Crippen MR) is 79.8 cm³/mol. The van der Waals surface area contributed by atoms with Gasteiger partial charge in [0.25, 0.3) is 0 Å². The Hall–Kier alpha value is -0.680. The molecule has 1 aromatic rings. The smallest absolute Gasteiger partial charge is 0.127 e. The predicted octanol–water partition coefficient (Wildman–Crippen LogP) is 2.33. The Balaban J connectivity index is 2.08. The largest absolute Gasteiger partial charge is 0.374 e. The molecule has 2 unspecified atom stereocenters. The number of morpholine rings is 1. The van der Waals surface area contributed by atoms with E-state index in [0.29, 0.717) is 17.0 Å². The van der Waals surface area contributed by atoms with Crippen molar-refractivity contribution in [1.29, 1.82) is 0 Å². The second kappa shape index (κ2) is 7.36. The summed E-state index contributed by atoms with van der Waals surface area (Å²) in [5.74, 6) is -0.246. The van der Waals surface area contributed by atoms with Crippen LogP contribution in [0.25, 0.3) is 0 Å². The van der Waals surface area contributed by atoms with E-state index in [4.69, 9.17) is 16.3 Å². The topological polar surface area (TPSA) is 24.5 Å². The monoisotopic (exact) mass is 300 g/mol. The molecular formula is C15H22ClFN2O. The van der Waals surface area contributed by atoms with Crippen molar-refractivity contribution < 1.29 is 9.13 Å². The zero-order chi connectivity index (χ0) is 14.5. The fourth-order valence-electron chi connectivity index (χ4n) is 2.58. The van der Waals surface area contributed by atoms with E-state index in [1.807, 2.05) is 0 Å². The SMILES string of the molecule is CCNC(Cc1ccc(Cl)cc1F)C1CN(C)CCO1. The molecule has 1 aromatic carbocycles. The Morgan fingerprint density at radius 1 is 1.55 bits per heavy atom. The highest BCUT2D eigenvalue weighted by molar-refractivity contribution is 6.30. The van der Waals surface area contributed by atoms with Crippen LogP contribution in [0.2, 0.25) is 5.02 Å². The molecular weight excluding hydrogens is 279 g/mol. The molecule has 2 rings (SSSR count). The molecule has 1 N–H and O–H groups in total. The lowest BCUT2D eigenvalue weighted by atomic mass is 9.99. The molecule has 0 aromatic heterocycles. The number of benzene rings is 1. The van der Waals surface area contributed by atoms with Crippen LogP contribution < -0.4 is 5.32 Å². The van der Waals surface area contributed by atoms with Crippen LogP contribution in [0.5, 0.6) is 0 Å². The lowest BCUT2D eigenvalue weighted by Crippen LogP contribution is -2.52. The molecule has 0 aliphatic carbocycles. The van der Waals surface area contributed by atoms with Gasteiger partial charge in [-0.1, -0.05) is 24.6 Å². The summed E-state index contributed by atoms with van der Waals surface area (Å²) in [6, 6.07) is 4.97. The molecule has 0 radical (unpaired) electrons. The van der Waals surface area contributed by atoms with Gasteiger partial charge in [-0.2, -0.15) is 0 Å². The van der Waals surface area contributed by atoms with Crippen LogP contribution in [0.1, 0.15) is 12.5 Å². The van der Waals surface area contributed by atoms with E-state index >= 15 is 0 Å². The average molecular weight is 301 g/mol. The lowest BCUT2D eigenvalue weighted by Gasteiger charge is -2.35. The van der Waals surface area contributed by atoms with Crippen molar-refractivity contribution in [1.82, 2.24) is 10.2 Å². The summed E-state index contributed by atoms with van der Waals surface area (Å²) in [4.78, 5) is 2.25. The summed E-state index contributed by atoms with van der Waals surface area (Å²) in [5.41, 5.74) is 0.678. The van der Waals surface area contributed by atoms with Crippen LogP contribution in [0, 0.1) is 5.82 Å². The third-order valence-electron chi connectivity index (χ3n) is 3.67. The molecule has 0 saturated carbocycles. The van der Waals surface area contributed by atoms with Gasteiger partial charge in [0.05, 0.1) is 12.7 Å². The van der Waals surface area contributed by atoms with Gasteiger partial charge in [-0.05, 0) is 37.7 Å². The van der Waals surface area contributed by atoms with Gasteiger partial charge >= 0.3 is 0 Å². The Labute approximate surface area is 125 Å². The number of rotatable bonds is 5. The minimum Gasteiger partial charge on any atom is -0.374 e. The van der Waals surface area contributed by atoms with Gasteiger partial charge in [-0.25, -0.2) is 4.39 Å². The molecule has 1 heterocycles. The minimum atomic E-state index is -0.246. The van der Waals surface area contributed by atoms with E-state index in [-0.39, 0.29) is 18.0 Å². The molecule has 1 aliphatic heterocycles. The summed E-state index contributed by atoms with van der Waals surface area (Å²) in [7, 11) is 2.08. The van der Waals surface area contributed by atoms with Crippen LogP contribution in [0.15, 0.2) is 18.2 Å². The van der Waals surface area contributed by atoms with Crippen LogP contribution in [0.3, 0.4) is 0 Å². The minimum absolute atomic E-state index is 0.0868. The summed E-state index contributed by atoms with van der Waals surface area (Å²) < 4.78 is 19.8. The maximum atomic E-state index is 13.9. The van der Waals surface area contributed by atoms with E-state index < -0.39 is 0 Å². The molecule has 0 amide bonds. The highest BCUT2D eigenvalue weighted by atomic mass is 35.5. The van der Waals surface area contributed by atoms with E-state index in [1.165, 1.54) is 6.07 Å². The first kappa shape index (κ1) is 15.7. The third kappa shape index (κ3) is 4.16. The fraction of sp³-hybridized carbons (Fsp3) is 0.600. The molecule has 1 aliphatic rings. The number of hydrogen-bond donors (Lipinski definition) is 1. The maximum absolute atomic E-state index is 13.9. The van der Waals surface area contributed by atoms with Gasteiger partial charge in [0.1, 0.15) is 5.82 Å². The fourth-order valence-corrected chi connectivity index (χ4v) is 2.73. The van der Waals surface area contributed by atoms with E-state index in [9.17, 15) is 4.39 Å². The first-order valence-corrected chi connectivity index (χ1v) is 7.45. The molecule has 2 atom stereocenters. The van der Waals surface area contributed by atoms with E-state index in [0.717, 1.165) is 26.2 Å². The van der Waals surface area contributed by atoms with E-state index in [2.05, 4.69) is 24.2 Å². The zero-order valence-electron chi connectivity index (χ0n) is 12.0. The number of nitrogens with one attached hydrogen (secondary N) is 1. The molecule has 3 nitrogen and oxygen atoms in total. The van der Waals surface area contributed by atoms with Gasteiger partial charge < -0.3 is 15.0 Å². The van der Waals surface area contributed by atoms with Gasteiger partial charge in [-0.3, -0.25) is 0 Å². The Morgan fingerprint density at radius 2 is 2.35 bits per heavy atom. The average Bonchev–Trinajstić information content (AvgIpc) is 2.41. The quantitative estimate of drug-likeness (QED) is 0.903. The molecule has 20 heavy (non-hydrogen) atoms. The first-order chi connectivity index (χ1) is 9.60. The van der Waals surface area contributed by atoms with Crippen molar-refractivity contribution in [2.24, 2.45) is 0 Å². The Morgan fingerprint density at radius 3 is 3.00 bits per heavy atom. The number of hydrogen-bond acceptors (Lipinski definition) is 3. The first-order valence-electron chi connectivity index (χ1n) is 7.07. The van der Waals surface area contributed by atoms with Crippen LogP contribution in [0.4, 0.5) is 4.39 Å². The van der Waals surface area contributed by atoms with Gasteiger partial charge in [0.2, 0.25) is 0 Å². The third-order valence-corrected chi connectivity index (χ3v) is 3.90. The van der Waals surface area contributed by atoms with Crippen LogP contribution >= 0.6 is 11.6 Å². The molecule has 1 saturated heterocycles. The molecule has 112 valence electrons. The summed E-state index contributed by atoms with van der Waals surface area (Å²) in [5, 5.41) is 3.84. The number of nitrogens with zero attached hydrogens (tertiary/aromatic N) is 1. The zero-order valence-corrected chi connectivity index (χ0v) is 12.8. The number of ether oxygens (including phenoxy) is 1. The Bertz CT molecular complexity index is 444. The van der Waals surface area contributed by atoms with Crippen molar-refractivity contribution in [2.45, 2.75) is 25.5 Å². The molecule has 1 fully saturated rings.